The Morgan fingerprint density at radius 2 is 2.14 bits per heavy atom. The number of carbonyl (C=O) groups is 1. The summed E-state index contributed by atoms with van der Waals surface area (Å²) in [5.41, 5.74) is 0.852. The molecule has 1 amide bonds. The van der Waals surface area contributed by atoms with Gasteiger partial charge in [-0.3, -0.25) is 4.79 Å². The molecule has 2 heterocycles. The minimum Gasteiger partial charge on any atom is -0.485 e. The van der Waals surface area contributed by atoms with Crippen molar-refractivity contribution in [3.63, 3.8) is 0 Å². The molecule has 0 spiro atoms. The van der Waals surface area contributed by atoms with E-state index in [9.17, 15) is 18.0 Å². The van der Waals surface area contributed by atoms with Crippen LogP contribution in [0.1, 0.15) is 15.2 Å². The van der Waals surface area contributed by atoms with Crippen LogP contribution < -0.4 is 15.4 Å². The number of hydrogen-bond acceptors (Lipinski definition) is 7. The van der Waals surface area contributed by atoms with E-state index in [1.807, 2.05) is 0 Å². The molecule has 3 N–H and O–H groups in total. The number of rotatable bonds is 8. The molecule has 0 bridgehead atoms. The molecule has 154 valence electrons. The van der Waals surface area contributed by atoms with Crippen molar-refractivity contribution in [2.75, 3.05) is 25.1 Å². The molecule has 7 nitrogen and oxygen atoms in total. The second kappa shape index (κ2) is 9.05. The number of carbonyl (C=O) groups excluding carboxylic acids is 1. The largest absolute Gasteiger partial charge is 0.485 e. The fraction of sp³-hybridized carbons (Fsp3) is 0.278. The summed E-state index contributed by atoms with van der Waals surface area (Å²) in [4.78, 5) is 21.6. The standard InChI is InChI=1S/C18H17F3N4O3S/c1-9-14-16(23-8-24-18(14)29-15(9)17(27)22-4-5-26)25-11-3-2-10(19)6-12(11)28-7-13(20)21/h2-3,6,8,13,26H,4-5,7H2,1H3,(H,22,27)(H,23,24,25). The molecule has 0 unspecified atom stereocenters. The summed E-state index contributed by atoms with van der Waals surface area (Å²) >= 11 is 1.15. The molecule has 11 heteroatoms. The van der Waals surface area contributed by atoms with Crippen LogP contribution in [0.2, 0.25) is 0 Å². The number of thiophene rings is 1. The molecule has 0 saturated carbocycles. The molecule has 2 aromatic heterocycles. The maximum absolute atomic E-state index is 13.5. The van der Waals surface area contributed by atoms with Crippen LogP contribution in [0.5, 0.6) is 5.75 Å². The van der Waals surface area contributed by atoms with Crippen molar-refractivity contribution in [2.45, 2.75) is 13.3 Å². The highest BCUT2D eigenvalue weighted by atomic mass is 32.1. The summed E-state index contributed by atoms with van der Waals surface area (Å²) < 4.78 is 43.5. The number of halogens is 3. The van der Waals surface area contributed by atoms with E-state index in [-0.39, 0.29) is 30.5 Å². The highest BCUT2D eigenvalue weighted by Crippen LogP contribution is 2.36. The fourth-order valence-electron chi connectivity index (χ4n) is 2.63. The summed E-state index contributed by atoms with van der Waals surface area (Å²) in [6, 6.07) is 3.50. The first-order chi connectivity index (χ1) is 13.9. The summed E-state index contributed by atoms with van der Waals surface area (Å²) in [5.74, 6) is -0.764. The van der Waals surface area contributed by atoms with Crippen molar-refractivity contribution in [1.82, 2.24) is 15.3 Å². The maximum atomic E-state index is 13.5. The van der Waals surface area contributed by atoms with Gasteiger partial charge in [0, 0.05) is 12.6 Å². The van der Waals surface area contributed by atoms with Crippen LogP contribution in [-0.4, -0.2) is 47.2 Å². The number of anilines is 2. The van der Waals surface area contributed by atoms with Crippen LogP contribution >= 0.6 is 11.3 Å². The predicted octanol–water partition coefficient (Wildman–Crippen LogP) is 3.25. The number of ether oxygens (including phenoxy) is 1. The lowest BCUT2D eigenvalue weighted by Gasteiger charge is -2.13. The number of amides is 1. The van der Waals surface area contributed by atoms with Gasteiger partial charge >= 0.3 is 0 Å². The number of aliphatic hydroxyl groups is 1. The zero-order valence-corrected chi connectivity index (χ0v) is 16.0. The number of nitrogens with one attached hydrogen (secondary N) is 2. The first-order valence-electron chi connectivity index (χ1n) is 8.51. The van der Waals surface area contributed by atoms with Gasteiger partial charge in [0.25, 0.3) is 12.3 Å². The Kier molecular flexibility index (Phi) is 6.49. The van der Waals surface area contributed by atoms with Crippen LogP contribution in [0, 0.1) is 12.7 Å². The van der Waals surface area contributed by atoms with E-state index in [1.54, 1.807) is 6.92 Å². The topological polar surface area (TPSA) is 96.4 Å². The Morgan fingerprint density at radius 1 is 1.34 bits per heavy atom. The van der Waals surface area contributed by atoms with Gasteiger partial charge in [-0.2, -0.15) is 0 Å². The van der Waals surface area contributed by atoms with Gasteiger partial charge in [-0.1, -0.05) is 0 Å². The number of nitrogens with zero attached hydrogens (tertiary/aromatic N) is 2. The van der Waals surface area contributed by atoms with Gasteiger partial charge in [-0.25, -0.2) is 23.1 Å². The van der Waals surface area contributed by atoms with Crippen molar-refractivity contribution in [3.05, 3.63) is 40.8 Å². The van der Waals surface area contributed by atoms with Crippen LogP contribution in [0.25, 0.3) is 10.2 Å². The minimum atomic E-state index is -2.71. The Labute approximate surface area is 167 Å². The summed E-state index contributed by atoms with van der Waals surface area (Å²) in [6.45, 7) is 0.766. The molecule has 0 aliphatic carbocycles. The van der Waals surface area contributed by atoms with E-state index < -0.39 is 18.8 Å². The van der Waals surface area contributed by atoms with Gasteiger partial charge in [0.1, 0.15) is 35.1 Å². The van der Waals surface area contributed by atoms with Crippen molar-refractivity contribution in [1.29, 1.82) is 0 Å². The zero-order valence-electron chi connectivity index (χ0n) is 15.2. The van der Waals surface area contributed by atoms with Crippen molar-refractivity contribution < 1.29 is 27.8 Å². The van der Waals surface area contributed by atoms with Gasteiger partial charge in [0.15, 0.2) is 0 Å². The maximum Gasteiger partial charge on any atom is 0.272 e. The smallest absolute Gasteiger partial charge is 0.272 e. The van der Waals surface area contributed by atoms with Gasteiger partial charge in [0.2, 0.25) is 0 Å². The van der Waals surface area contributed by atoms with Crippen molar-refractivity contribution in [3.8, 4) is 5.75 Å². The third-order valence-corrected chi connectivity index (χ3v) is 5.09. The molecule has 0 atom stereocenters. The normalized spacial score (nSPS) is 11.1. The van der Waals surface area contributed by atoms with Crippen molar-refractivity contribution in [2.24, 2.45) is 0 Å². The third-order valence-electron chi connectivity index (χ3n) is 3.89. The average Bonchev–Trinajstić information content (AvgIpc) is 3.04. The van der Waals surface area contributed by atoms with E-state index in [0.29, 0.717) is 26.5 Å². The van der Waals surface area contributed by atoms with Gasteiger partial charge in [-0.05, 0) is 24.6 Å². The molecule has 3 aromatic rings. The monoisotopic (exact) mass is 426 g/mol. The first-order valence-corrected chi connectivity index (χ1v) is 9.33. The van der Waals surface area contributed by atoms with Gasteiger partial charge < -0.3 is 20.5 Å². The summed E-state index contributed by atoms with van der Waals surface area (Å²) in [5, 5.41) is 15.0. The molecule has 3 rings (SSSR count). The Hall–Kier alpha value is -2.92. The first kappa shape index (κ1) is 20.8. The van der Waals surface area contributed by atoms with E-state index in [4.69, 9.17) is 9.84 Å². The summed E-state index contributed by atoms with van der Waals surface area (Å²) in [6.07, 6.45) is -1.42. The van der Waals surface area contributed by atoms with Crippen molar-refractivity contribution >= 4 is 39.0 Å². The van der Waals surface area contributed by atoms with Crippen LogP contribution in [-0.2, 0) is 0 Å². The van der Waals surface area contributed by atoms with Gasteiger partial charge in [-0.15, -0.1) is 11.3 Å². The molecule has 1 aromatic carbocycles. The molecule has 0 saturated heterocycles. The highest BCUT2D eigenvalue weighted by molar-refractivity contribution is 7.20. The minimum absolute atomic E-state index is 0.0918. The Morgan fingerprint density at radius 3 is 2.86 bits per heavy atom. The summed E-state index contributed by atoms with van der Waals surface area (Å²) in [7, 11) is 0. The molecule has 29 heavy (non-hydrogen) atoms. The Bertz CT molecular complexity index is 1030. The van der Waals surface area contributed by atoms with E-state index in [0.717, 1.165) is 23.5 Å². The number of alkyl halides is 2. The van der Waals surface area contributed by atoms with E-state index in [1.165, 1.54) is 12.4 Å². The molecule has 0 radical (unpaired) electrons. The lowest BCUT2D eigenvalue weighted by atomic mass is 10.2. The van der Waals surface area contributed by atoms with Crippen LogP contribution in [0.4, 0.5) is 24.7 Å². The van der Waals surface area contributed by atoms with E-state index >= 15 is 0 Å². The molecule has 0 fully saturated rings. The fourth-order valence-corrected chi connectivity index (χ4v) is 3.70. The number of aromatic nitrogens is 2. The second-order valence-electron chi connectivity index (χ2n) is 5.91. The molecule has 0 aliphatic rings. The molecular formula is C18H17F3N4O3S. The zero-order chi connectivity index (χ0) is 21.0. The van der Waals surface area contributed by atoms with Crippen LogP contribution in [0.3, 0.4) is 0 Å². The second-order valence-corrected chi connectivity index (χ2v) is 6.90. The van der Waals surface area contributed by atoms with Gasteiger partial charge in [0.05, 0.1) is 22.6 Å². The number of aryl methyl sites for hydroxylation is 1. The average molecular weight is 426 g/mol. The number of benzene rings is 1. The Balaban J connectivity index is 1.97. The molecular weight excluding hydrogens is 409 g/mol. The SMILES string of the molecule is Cc1c(C(=O)NCCO)sc2ncnc(Nc3ccc(F)cc3OCC(F)F)c12. The number of hydrogen-bond donors (Lipinski definition) is 3. The molecule has 0 aliphatic heterocycles. The highest BCUT2D eigenvalue weighted by Gasteiger charge is 2.20. The van der Waals surface area contributed by atoms with E-state index in [2.05, 4.69) is 20.6 Å². The third kappa shape index (κ3) is 4.74. The van der Waals surface area contributed by atoms with Crippen LogP contribution in [0.15, 0.2) is 24.5 Å². The quantitative estimate of drug-likeness (QED) is 0.512. The lowest BCUT2D eigenvalue weighted by molar-refractivity contribution is 0.0821. The predicted molar refractivity (Wildman–Crippen MR) is 103 cm³/mol. The lowest BCUT2D eigenvalue weighted by Crippen LogP contribution is -2.26. The number of fused-ring (bicyclic) bond motifs is 1. The number of aliphatic hydroxyl groups excluding tert-OH is 1.